The molecule has 0 radical (unpaired) electrons. The van der Waals surface area contributed by atoms with Crippen molar-refractivity contribution >= 4 is 11.8 Å². The lowest BCUT2D eigenvalue weighted by Gasteiger charge is -2.20. The summed E-state index contributed by atoms with van der Waals surface area (Å²) in [6, 6.07) is 0. The number of hydrogen-bond donors (Lipinski definition) is 2. The number of nitrogens with one attached hydrogen (secondary N) is 1. The molecule has 0 rings (SSSR count). The Hall–Kier alpha value is -1.10. The summed E-state index contributed by atoms with van der Waals surface area (Å²) in [5.41, 5.74) is 5.57. The van der Waals surface area contributed by atoms with Crippen molar-refractivity contribution in [3.05, 3.63) is 0 Å². The van der Waals surface area contributed by atoms with Gasteiger partial charge in [0.25, 0.3) is 0 Å². The molecule has 0 aliphatic heterocycles. The lowest BCUT2D eigenvalue weighted by Crippen LogP contribution is -2.38. The minimum Gasteiger partial charge on any atom is -0.347 e. The summed E-state index contributed by atoms with van der Waals surface area (Å²) in [6.07, 6.45) is 2.24. The van der Waals surface area contributed by atoms with E-state index in [-0.39, 0.29) is 18.4 Å². The SMILES string of the molecule is CCN(C)C(=O)CNC(=O)CCC(CCN)C(C)C. The molecule has 19 heavy (non-hydrogen) atoms. The van der Waals surface area contributed by atoms with Crippen LogP contribution in [-0.2, 0) is 9.59 Å². The van der Waals surface area contributed by atoms with Gasteiger partial charge in [0.15, 0.2) is 0 Å². The van der Waals surface area contributed by atoms with Crippen LogP contribution in [0.15, 0.2) is 0 Å². The van der Waals surface area contributed by atoms with Gasteiger partial charge in [-0.25, -0.2) is 0 Å². The first-order valence-electron chi connectivity index (χ1n) is 7.13. The van der Waals surface area contributed by atoms with Crippen molar-refractivity contribution in [3.63, 3.8) is 0 Å². The summed E-state index contributed by atoms with van der Waals surface area (Å²) in [5, 5.41) is 2.67. The summed E-state index contributed by atoms with van der Waals surface area (Å²) in [6.45, 7) is 7.60. The predicted octanol–water partition coefficient (Wildman–Crippen LogP) is 0.982. The molecule has 0 fully saturated rings. The van der Waals surface area contributed by atoms with Gasteiger partial charge in [0.2, 0.25) is 11.8 Å². The third kappa shape index (κ3) is 7.82. The van der Waals surface area contributed by atoms with Gasteiger partial charge in [-0.05, 0) is 38.1 Å². The van der Waals surface area contributed by atoms with E-state index in [2.05, 4.69) is 19.2 Å². The highest BCUT2D eigenvalue weighted by Crippen LogP contribution is 2.20. The van der Waals surface area contributed by atoms with E-state index in [1.54, 1.807) is 11.9 Å². The average Bonchev–Trinajstić information content (AvgIpc) is 2.39. The van der Waals surface area contributed by atoms with E-state index in [4.69, 9.17) is 5.73 Å². The van der Waals surface area contributed by atoms with Crippen LogP contribution in [0.2, 0.25) is 0 Å². The smallest absolute Gasteiger partial charge is 0.241 e. The Labute approximate surface area is 116 Å². The first kappa shape index (κ1) is 17.9. The Morgan fingerprint density at radius 3 is 2.37 bits per heavy atom. The molecule has 112 valence electrons. The van der Waals surface area contributed by atoms with E-state index in [1.807, 2.05) is 6.92 Å². The topological polar surface area (TPSA) is 75.4 Å². The molecule has 0 aromatic rings. The van der Waals surface area contributed by atoms with Gasteiger partial charge in [0.1, 0.15) is 0 Å². The molecule has 0 saturated carbocycles. The molecule has 1 atom stereocenters. The minimum atomic E-state index is -0.0572. The van der Waals surface area contributed by atoms with Crippen LogP contribution in [0.3, 0.4) is 0 Å². The number of likely N-dealkylation sites (N-methyl/N-ethyl adjacent to an activating group) is 1. The summed E-state index contributed by atoms with van der Waals surface area (Å²) in [5.74, 6) is 0.896. The second kappa shape index (κ2) is 9.78. The molecule has 0 aromatic heterocycles. The zero-order valence-electron chi connectivity index (χ0n) is 12.7. The number of amides is 2. The summed E-state index contributed by atoms with van der Waals surface area (Å²) in [7, 11) is 1.73. The maximum absolute atomic E-state index is 11.7. The van der Waals surface area contributed by atoms with Crippen LogP contribution in [0, 0.1) is 11.8 Å². The number of hydrogen-bond acceptors (Lipinski definition) is 3. The highest BCUT2D eigenvalue weighted by Gasteiger charge is 2.15. The van der Waals surface area contributed by atoms with Gasteiger partial charge in [-0.1, -0.05) is 13.8 Å². The van der Waals surface area contributed by atoms with Gasteiger partial charge in [-0.3, -0.25) is 9.59 Å². The lowest BCUT2D eigenvalue weighted by atomic mass is 9.88. The van der Waals surface area contributed by atoms with Gasteiger partial charge in [0.05, 0.1) is 6.54 Å². The van der Waals surface area contributed by atoms with Crippen molar-refractivity contribution in [1.29, 1.82) is 0 Å². The molecule has 0 aliphatic carbocycles. The van der Waals surface area contributed by atoms with E-state index < -0.39 is 0 Å². The Balaban J connectivity index is 3.94. The molecule has 3 N–H and O–H groups in total. The Morgan fingerprint density at radius 1 is 1.26 bits per heavy atom. The van der Waals surface area contributed by atoms with E-state index in [1.165, 1.54) is 0 Å². The quantitative estimate of drug-likeness (QED) is 0.656. The second-order valence-electron chi connectivity index (χ2n) is 5.30. The second-order valence-corrected chi connectivity index (χ2v) is 5.30. The first-order chi connectivity index (χ1) is 8.92. The molecule has 0 heterocycles. The molecular weight excluding hydrogens is 242 g/mol. The highest BCUT2D eigenvalue weighted by atomic mass is 16.2. The zero-order valence-corrected chi connectivity index (χ0v) is 12.7. The van der Waals surface area contributed by atoms with Crippen molar-refractivity contribution in [2.75, 3.05) is 26.7 Å². The van der Waals surface area contributed by atoms with Gasteiger partial charge in [-0.2, -0.15) is 0 Å². The molecular formula is C14H29N3O2. The van der Waals surface area contributed by atoms with Crippen LogP contribution in [0.4, 0.5) is 0 Å². The van der Waals surface area contributed by atoms with E-state index in [0.717, 1.165) is 12.8 Å². The molecule has 5 heteroatoms. The van der Waals surface area contributed by atoms with Crippen LogP contribution < -0.4 is 11.1 Å². The van der Waals surface area contributed by atoms with Gasteiger partial charge in [-0.15, -0.1) is 0 Å². The first-order valence-corrected chi connectivity index (χ1v) is 7.13. The maximum Gasteiger partial charge on any atom is 0.241 e. The maximum atomic E-state index is 11.7. The highest BCUT2D eigenvalue weighted by molar-refractivity contribution is 5.84. The minimum absolute atomic E-state index is 0.0551. The molecule has 1 unspecified atom stereocenters. The van der Waals surface area contributed by atoms with Gasteiger partial charge < -0.3 is 16.0 Å². The monoisotopic (exact) mass is 271 g/mol. The fourth-order valence-electron chi connectivity index (χ4n) is 1.92. The zero-order chi connectivity index (χ0) is 14.8. The van der Waals surface area contributed by atoms with Crippen LogP contribution in [0.1, 0.15) is 40.0 Å². The Bertz CT molecular complexity index is 280. The number of nitrogens with two attached hydrogens (primary N) is 1. The van der Waals surface area contributed by atoms with E-state index >= 15 is 0 Å². The largest absolute Gasteiger partial charge is 0.347 e. The van der Waals surface area contributed by atoms with Crippen LogP contribution in [-0.4, -0.2) is 43.4 Å². The summed E-state index contributed by atoms with van der Waals surface area (Å²) >= 11 is 0. The molecule has 0 aliphatic rings. The molecule has 0 bridgehead atoms. The van der Waals surface area contributed by atoms with Crippen molar-refractivity contribution in [1.82, 2.24) is 10.2 Å². The van der Waals surface area contributed by atoms with Crippen molar-refractivity contribution in [2.24, 2.45) is 17.6 Å². The third-order valence-electron chi connectivity index (χ3n) is 3.56. The standard InChI is InChI=1S/C14H29N3O2/c1-5-17(4)14(19)10-16-13(18)7-6-12(8-9-15)11(2)3/h11-12H,5-10,15H2,1-4H3,(H,16,18). The summed E-state index contributed by atoms with van der Waals surface area (Å²) < 4.78 is 0. The number of carbonyl (C=O) groups excluding carboxylic acids is 2. The van der Waals surface area contributed by atoms with Crippen LogP contribution in [0.5, 0.6) is 0 Å². The van der Waals surface area contributed by atoms with Gasteiger partial charge in [0, 0.05) is 20.0 Å². The Morgan fingerprint density at radius 2 is 1.89 bits per heavy atom. The van der Waals surface area contributed by atoms with Crippen LogP contribution >= 0.6 is 0 Å². The third-order valence-corrected chi connectivity index (χ3v) is 3.56. The summed E-state index contributed by atoms with van der Waals surface area (Å²) in [4.78, 5) is 24.8. The van der Waals surface area contributed by atoms with Crippen molar-refractivity contribution < 1.29 is 9.59 Å². The van der Waals surface area contributed by atoms with Gasteiger partial charge >= 0.3 is 0 Å². The number of nitrogens with zero attached hydrogens (tertiary/aromatic N) is 1. The van der Waals surface area contributed by atoms with Crippen molar-refractivity contribution in [2.45, 2.75) is 40.0 Å². The molecule has 5 nitrogen and oxygen atoms in total. The predicted molar refractivity (Wildman–Crippen MR) is 77.6 cm³/mol. The number of rotatable bonds is 9. The average molecular weight is 271 g/mol. The van der Waals surface area contributed by atoms with E-state index in [0.29, 0.717) is 31.3 Å². The fourth-order valence-corrected chi connectivity index (χ4v) is 1.92. The normalized spacial score (nSPS) is 12.3. The molecule has 0 aromatic carbocycles. The Kier molecular flexibility index (Phi) is 9.21. The molecule has 0 spiro atoms. The van der Waals surface area contributed by atoms with Crippen molar-refractivity contribution in [3.8, 4) is 0 Å². The molecule has 0 saturated heterocycles. The molecule has 2 amide bonds. The number of carbonyl (C=O) groups is 2. The fraction of sp³-hybridized carbons (Fsp3) is 0.857. The van der Waals surface area contributed by atoms with Crippen LogP contribution in [0.25, 0.3) is 0 Å². The lowest BCUT2D eigenvalue weighted by molar-refractivity contribution is -0.131. The van der Waals surface area contributed by atoms with E-state index in [9.17, 15) is 9.59 Å².